The third-order valence-corrected chi connectivity index (χ3v) is 23.3. The number of nitrogen functional groups attached to an aromatic ring is 1. The Morgan fingerprint density at radius 3 is 1.46 bits per heavy atom. The van der Waals surface area contributed by atoms with E-state index in [4.69, 9.17) is 26.8 Å². The second-order valence-electron chi connectivity index (χ2n) is 34.9. The van der Waals surface area contributed by atoms with Gasteiger partial charge in [-0.2, -0.15) is 30.0 Å². The quantitative estimate of drug-likeness (QED) is 0.0206. The van der Waals surface area contributed by atoms with Crippen molar-refractivity contribution in [1.29, 1.82) is 0 Å². The number of aliphatic hydroxyl groups is 1. The van der Waals surface area contributed by atoms with Crippen LogP contribution in [0.3, 0.4) is 0 Å². The largest absolute Gasteiger partial charge is 0.497 e. The van der Waals surface area contributed by atoms with Crippen LogP contribution in [0.1, 0.15) is 123 Å². The number of hydrogen-bond acceptors (Lipinski definition) is 25. The fourth-order valence-corrected chi connectivity index (χ4v) is 15.9. The van der Waals surface area contributed by atoms with Crippen LogP contribution in [0.2, 0.25) is 5.02 Å². The molecule has 724 valence electrons. The summed E-state index contributed by atoms with van der Waals surface area (Å²) in [5.74, 6) is 4.04. The number of methoxy groups -OCH3 is 1. The third kappa shape index (κ3) is 25.4. The van der Waals surface area contributed by atoms with Gasteiger partial charge in [-0.25, -0.2) is 22.6 Å². The van der Waals surface area contributed by atoms with E-state index in [1.807, 2.05) is 197 Å². The normalized spacial score (nSPS) is 12.3. The van der Waals surface area contributed by atoms with Crippen molar-refractivity contribution in [2.24, 2.45) is 5.92 Å². The molecule has 14 heterocycles. The van der Waals surface area contributed by atoms with Crippen LogP contribution < -0.4 is 47.7 Å². The van der Waals surface area contributed by atoms with E-state index in [1.54, 1.807) is 75.5 Å². The van der Waals surface area contributed by atoms with Crippen LogP contribution in [-0.4, -0.2) is 180 Å². The smallest absolute Gasteiger partial charge is 0.251 e. The highest BCUT2D eigenvalue weighted by Crippen LogP contribution is 2.33. The molecule has 34 nitrogen and oxygen atoms in total. The lowest BCUT2D eigenvalue weighted by Gasteiger charge is -2.26. The molecule has 142 heavy (non-hydrogen) atoms. The molecule has 0 radical (unpaired) electrons. The van der Waals surface area contributed by atoms with Crippen molar-refractivity contribution < 1.29 is 29.0 Å². The number of hydrogen-bond donors (Lipinski definition) is 9. The Morgan fingerprint density at radius 1 is 0.486 bits per heavy atom. The van der Waals surface area contributed by atoms with Crippen LogP contribution in [0, 0.1) is 12.8 Å². The SMILES string of the molecule is C.CC(C)Cn1cc(-c2cccc3nc(N)nn23)cn1.CC(C)c1cccc(-c2cccc3nc(Nc4ccnc(CO)c4)nn23)c1.COc1cccc(-c2cccc3nc(Nc4ccc(C(=O)NCCCN5CCOCC5)cc4)nn23)c1.Cc1cc(Nc2nc3cccc(-c4ccc(C(C)C)cc4)n3n2)ccn1.O=C(CNC(=O)c1ccc(Nc2nc3cccc(-c4cccc(Cl)c4)n3n2)cc1)NC1CC1. The van der Waals surface area contributed by atoms with E-state index in [-0.39, 0.29) is 50.3 Å². The zero-order valence-corrected chi connectivity index (χ0v) is 80.1. The van der Waals surface area contributed by atoms with Gasteiger partial charge in [-0.05, 0) is 225 Å². The van der Waals surface area contributed by atoms with E-state index in [9.17, 15) is 19.5 Å². The molecule has 3 amide bonds. The highest BCUT2D eigenvalue weighted by molar-refractivity contribution is 6.30. The standard InChI is InChI=1S/C27H30N6O3.C24H21ClN6O2.C21H21N5O.C21H21N5.C13H16N6.CH4/c1-35-23-6-2-5-21(19-23)24-7-3-8-25-30-27(31-33(24)25)29-22-11-9-20(10-12-22)26(34)28-13-4-14-32-15-17-36-18-16-32;25-17-4-1-3-16(13-17)20-5-2-6-21-29-24(30-31(20)21)28-19-9-7-15(8-10-19)23(33)26-14-22(32)27-18-11-12-18;1-14(2)15-5-3-6-16(11-15)19-7-4-8-20-24-21(25-26(19)20)23-17-9-10-22-18(12-17)13-27;1-14(2)16-7-9-17(10-8-16)19-5-4-6-20-24-21(25-26(19)20)23-18-11-12-22-15(3)13-18;1-9(2)7-18-8-10(6-15-18)11-4-3-5-12-16-13(14)17-19(11)12;/h2-3,5-12,19H,4,13-18H2,1H3,(H,28,34)(H,29,31);1-10,13,18H,11-12,14H2,(H,26,33)(H,27,32)(H,28,30);3-12,14,27H,13H2,1-2H3,(H,22,23,25);4-14H,1-3H3,(H,22,23,25);3-6,8-9H,7H2,1-2H3,(H2,14,17);1H4. The average molecular weight is 1920 g/mol. The highest BCUT2D eigenvalue weighted by atomic mass is 35.5. The van der Waals surface area contributed by atoms with Crippen LogP contribution in [0.25, 0.3) is 84.5 Å². The lowest BCUT2D eigenvalue weighted by molar-refractivity contribution is -0.120. The number of benzene rings is 6. The molecule has 0 spiro atoms. The van der Waals surface area contributed by atoms with Crippen molar-refractivity contribution in [3.63, 3.8) is 0 Å². The van der Waals surface area contributed by atoms with Crippen molar-refractivity contribution in [2.75, 3.05) is 80.0 Å². The summed E-state index contributed by atoms with van der Waals surface area (Å²) in [4.78, 5) is 69.6. The van der Waals surface area contributed by atoms with Gasteiger partial charge in [0.15, 0.2) is 28.2 Å². The number of nitrogens with one attached hydrogen (secondary N) is 7. The number of nitrogens with zero attached hydrogens (tertiary/aromatic N) is 20. The molecule has 1 saturated carbocycles. The van der Waals surface area contributed by atoms with E-state index < -0.39 is 0 Å². The Kier molecular flexibility index (Phi) is 32.0. The number of fused-ring (bicyclic) bond motifs is 5. The van der Waals surface area contributed by atoms with Crippen molar-refractivity contribution in [3.05, 3.63) is 324 Å². The maximum absolute atomic E-state index is 12.5. The zero-order chi connectivity index (χ0) is 97.8. The van der Waals surface area contributed by atoms with E-state index in [1.165, 1.54) is 11.1 Å². The molecule has 1 aliphatic heterocycles. The van der Waals surface area contributed by atoms with Crippen LogP contribution in [0.15, 0.2) is 286 Å². The molecule has 6 aromatic carbocycles. The molecular weight excluding hydrogens is 1810 g/mol. The first kappa shape index (κ1) is 98.4. The number of aliphatic hydroxyl groups excluding tert-OH is 1. The highest BCUT2D eigenvalue weighted by Gasteiger charge is 2.25. The molecule has 13 aromatic heterocycles. The number of aromatic nitrogens is 19. The third-order valence-electron chi connectivity index (χ3n) is 23.1. The summed E-state index contributed by atoms with van der Waals surface area (Å²) >= 11 is 6.15. The molecule has 0 atom stereocenters. The number of anilines is 9. The molecule has 0 unspecified atom stereocenters. The second kappa shape index (κ2) is 46.2. The predicted octanol–water partition coefficient (Wildman–Crippen LogP) is 19.0. The molecule has 21 rings (SSSR count). The van der Waals surface area contributed by atoms with E-state index in [0.29, 0.717) is 75.6 Å². The molecule has 2 aliphatic rings. The minimum absolute atomic E-state index is 0. The summed E-state index contributed by atoms with van der Waals surface area (Å²) in [6, 6.07) is 83.9. The number of pyridine rings is 7. The first-order valence-corrected chi connectivity index (χ1v) is 47.1. The van der Waals surface area contributed by atoms with Gasteiger partial charge < -0.3 is 57.5 Å². The summed E-state index contributed by atoms with van der Waals surface area (Å²) in [6.45, 7) is 21.0. The van der Waals surface area contributed by atoms with Gasteiger partial charge in [0.25, 0.3) is 11.8 Å². The molecule has 0 bridgehead atoms. The molecule has 1 aliphatic carbocycles. The first-order valence-electron chi connectivity index (χ1n) is 46.7. The minimum Gasteiger partial charge on any atom is -0.497 e. The van der Waals surface area contributed by atoms with Crippen molar-refractivity contribution >= 4 is 110 Å². The second-order valence-corrected chi connectivity index (χ2v) is 35.3. The average Bonchev–Trinajstić information content (AvgIpc) is 1.60. The lowest BCUT2D eigenvalue weighted by Crippen LogP contribution is -2.38. The molecule has 35 heteroatoms. The van der Waals surface area contributed by atoms with Gasteiger partial charge in [0.2, 0.25) is 35.6 Å². The van der Waals surface area contributed by atoms with Crippen molar-refractivity contribution in [2.45, 2.75) is 106 Å². The van der Waals surface area contributed by atoms with E-state index in [0.717, 1.165) is 172 Å². The number of carbonyl (C=O) groups is 3. The summed E-state index contributed by atoms with van der Waals surface area (Å²) < 4.78 is 21.7. The van der Waals surface area contributed by atoms with Gasteiger partial charge in [-0.1, -0.05) is 158 Å². The number of amides is 3. The van der Waals surface area contributed by atoms with Crippen LogP contribution in [0.4, 0.5) is 52.5 Å². The molecule has 1 saturated heterocycles. The van der Waals surface area contributed by atoms with Gasteiger partial charge in [0.1, 0.15) is 5.75 Å². The maximum atomic E-state index is 12.5. The number of nitrogens with two attached hydrogens (primary N) is 1. The zero-order valence-electron chi connectivity index (χ0n) is 79.3. The first-order chi connectivity index (χ1) is 68.6. The fraction of sp³-hybridized carbons (Fsp3) is 0.234. The Labute approximate surface area is 826 Å². The summed E-state index contributed by atoms with van der Waals surface area (Å²) in [6.07, 6.45) is 10.2. The summed E-state index contributed by atoms with van der Waals surface area (Å²) in [7, 11) is 1.65. The van der Waals surface area contributed by atoms with Crippen molar-refractivity contribution in [1.82, 2.24) is 114 Å². The predicted molar refractivity (Wildman–Crippen MR) is 556 cm³/mol. The van der Waals surface area contributed by atoms with Gasteiger partial charge >= 0.3 is 0 Å². The number of ether oxygens (including phenoxy) is 2. The Morgan fingerprint density at radius 2 is 0.951 bits per heavy atom. The van der Waals surface area contributed by atoms with E-state index in [2.05, 4.69) is 204 Å². The Bertz CT molecular complexity index is 7530. The van der Waals surface area contributed by atoms with Gasteiger partial charge in [0.05, 0.1) is 73.8 Å². The summed E-state index contributed by atoms with van der Waals surface area (Å²) in [5.41, 5.74) is 27.8. The number of carbonyl (C=O) groups excluding carboxylic acids is 3. The Balaban J connectivity index is 0.000000129. The summed E-state index contributed by atoms with van der Waals surface area (Å²) in [5, 5.41) is 58.3. The molecule has 2 fully saturated rings. The molecule has 19 aromatic rings. The fourth-order valence-electron chi connectivity index (χ4n) is 15.7. The Hall–Kier alpha value is -16.7. The maximum Gasteiger partial charge on any atom is 0.251 e. The van der Waals surface area contributed by atoms with Crippen LogP contribution in [-0.2, 0) is 22.7 Å². The number of rotatable bonds is 28. The van der Waals surface area contributed by atoms with Gasteiger partial charge in [0, 0.05) is 123 Å². The van der Waals surface area contributed by atoms with Gasteiger partial charge in [-0.15, -0.1) is 25.5 Å². The van der Waals surface area contributed by atoms with E-state index >= 15 is 0 Å². The number of morpholine rings is 1. The topological polar surface area (TPSA) is 398 Å². The number of halogens is 1. The van der Waals surface area contributed by atoms with Crippen LogP contribution in [0.5, 0.6) is 5.75 Å². The van der Waals surface area contributed by atoms with Crippen LogP contribution >= 0.6 is 11.6 Å². The minimum atomic E-state index is -0.301. The monoisotopic (exact) mass is 1920 g/mol. The van der Waals surface area contributed by atoms with Crippen molar-refractivity contribution in [3.8, 4) is 62.0 Å². The molecular formula is C107H113ClN28O6. The lowest BCUT2D eigenvalue weighted by atomic mass is 9.99. The van der Waals surface area contributed by atoms with Gasteiger partial charge in [-0.3, -0.25) is 33.9 Å². The molecule has 10 N–H and O–H groups in total. The number of aryl methyl sites for hydroxylation is 1.